The molecular formula is C20H25NO. The minimum Gasteiger partial charge on any atom is -0.508 e. The quantitative estimate of drug-likeness (QED) is 0.767. The Bertz CT molecular complexity index is 644. The second kappa shape index (κ2) is 6.43. The molecule has 1 fully saturated rings. The van der Waals surface area contributed by atoms with Gasteiger partial charge < -0.3 is 10.8 Å². The number of phenols is 1. The third-order valence-corrected chi connectivity index (χ3v) is 5.01. The molecule has 0 amide bonds. The van der Waals surface area contributed by atoms with E-state index in [1.807, 2.05) is 30.3 Å². The first-order valence-electron chi connectivity index (χ1n) is 8.33. The van der Waals surface area contributed by atoms with E-state index in [4.69, 9.17) is 5.73 Å². The van der Waals surface area contributed by atoms with Gasteiger partial charge in [-0.15, -0.1) is 0 Å². The van der Waals surface area contributed by atoms with Crippen molar-refractivity contribution in [3.63, 3.8) is 0 Å². The summed E-state index contributed by atoms with van der Waals surface area (Å²) in [7, 11) is 0. The molecule has 2 heteroatoms. The zero-order valence-corrected chi connectivity index (χ0v) is 13.3. The number of hydrogen-bond donors (Lipinski definition) is 2. The first kappa shape index (κ1) is 15.0. The first-order valence-corrected chi connectivity index (χ1v) is 8.33. The molecule has 2 aromatic carbocycles. The highest BCUT2D eigenvalue weighted by Crippen LogP contribution is 2.39. The van der Waals surface area contributed by atoms with E-state index in [0.29, 0.717) is 11.7 Å². The number of rotatable bonds is 3. The molecule has 0 aliphatic heterocycles. The fraction of sp³-hybridized carbons (Fsp3) is 0.400. The number of hydrogen-bond acceptors (Lipinski definition) is 2. The summed E-state index contributed by atoms with van der Waals surface area (Å²) >= 11 is 0. The van der Waals surface area contributed by atoms with Crippen LogP contribution in [0.25, 0.3) is 0 Å². The molecule has 3 rings (SSSR count). The summed E-state index contributed by atoms with van der Waals surface area (Å²) in [6, 6.07) is 14.2. The highest BCUT2D eigenvalue weighted by molar-refractivity contribution is 5.46. The Morgan fingerprint density at radius 1 is 1.00 bits per heavy atom. The molecule has 2 nitrogen and oxygen atoms in total. The first-order chi connectivity index (χ1) is 10.6. The predicted octanol–water partition coefficient (Wildman–Crippen LogP) is 5.17. The number of aromatic hydroxyl groups is 1. The van der Waals surface area contributed by atoms with Gasteiger partial charge in [0.05, 0.1) is 0 Å². The number of benzene rings is 2. The molecule has 1 unspecified atom stereocenters. The number of nitrogens with two attached hydrogens (primary N) is 1. The Kier molecular flexibility index (Phi) is 4.37. The Morgan fingerprint density at radius 2 is 1.73 bits per heavy atom. The molecular weight excluding hydrogens is 270 g/mol. The van der Waals surface area contributed by atoms with Crippen LogP contribution in [0.3, 0.4) is 0 Å². The maximum atomic E-state index is 10.3. The molecule has 116 valence electrons. The summed E-state index contributed by atoms with van der Waals surface area (Å²) in [4.78, 5) is 0. The molecule has 22 heavy (non-hydrogen) atoms. The minimum atomic E-state index is 0.284. The van der Waals surface area contributed by atoms with Gasteiger partial charge in [-0.1, -0.05) is 50.5 Å². The fourth-order valence-electron chi connectivity index (χ4n) is 3.60. The lowest BCUT2D eigenvalue weighted by Gasteiger charge is -2.24. The lowest BCUT2D eigenvalue weighted by atomic mass is 9.81. The van der Waals surface area contributed by atoms with E-state index >= 15 is 0 Å². The molecule has 0 bridgehead atoms. The van der Waals surface area contributed by atoms with E-state index < -0.39 is 0 Å². The SMILES string of the molecule is CC(c1cccc(N)c1)c1ccc(O)c(C2CCCCC2)c1. The van der Waals surface area contributed by atoms with Crippen LogP contribution in [0.15, 0.2) is 42.5 Å². The van der Waals surface area contributed by atoms with Crippen LogP contribution in [0, 0.1) is 0 Å². The predicted molar refractivity (Wildman–Crippen MR) is 92.3 cm³/mol. The monoisotopic (exact) mass is 295 g/mol. The Hall–Kier alpha value is -1.96. The van der Waals surface area contributed by atoms with Crippen molar-refractivity contribution >= 4 is 5.69 Å². The van der Waals surface area contributed by atoms with Crippen LogP contribution in [-0.2, 0) is 0 Å². The standard InChI is InChI=1S/C20H25NO/c1-14(16-8-5-9-18(21)12-16)17-10-11-20(22)19(13-17)15-6-3-2-4-7-15/h5,8-15,22H,2-4,6-7,21H2,1H3. The molecule has 0 heterocycles. The van der Waals surface area contributed by atoms with Gasteiger partial charge >= 0.3 is 0 Å². The van der Waals surface area contributed by atoms with E-state index in [1.54, 1.807) is 0 Å². The molecule has 2 aromatic rings. The summed E-state index contributed by atoms with van der Waals surface area (Å²) < 4.78 is 0. The van der Waals surface area contributed by atoms with Crippen LogP contribution in [0.4, 0.5) is 5.69 Å². The highest BCUT2D eigenvalue weighted by Gasteiger charge is 2.20. The van der Waals surface area contributed by atoms with Crippen LogP contribution in [0.1, 0.15) is 67.6 Å². The van der Waals surface area contributed by atoms with Gasteiger partial charge in [-0.05, 0) is 53.6 Å². The van der Waals surface area contributed by atoms with Gasteiger partial charge in [0.2, 0.25) is 0 Å². The molecule has 0 aromatic heterocycles. The van der Waals surface area contributed by atoms with Crippen molar-refractivity contribution in [3.05, 3.63) is 59.2 Å². The zero-order valence-electron chi connectivity index (χ0n) is 13.3. The third kappa shape index (κ3) is 3.11. The van der Waals surface area contributed by atoms with Gasteiger partial charge in [0.25, 0.3) is 0 Å². The van der Waals surface area contributed by atoms with E-state index in [9.17, 15) is 5.11 Å². The Labute approximate surface area is 133 Å². The van der Waals surface area contributed by atoms with Gasteiger partial charge in [-0.25, -0.2) is 0 Å². The van der Waals surface area contributed by atoms with Crippen molar-refractivity contribution in [3.8, 4) is 5.75 Å². The summed E-state index contributed by atoms with van der Waals surface area (Å²) in [5, 5.41) is 10.3. The van der Waals surface area contributed by atoms with Crippen molar-refractivity contribution in [2.75, 3.05) is 5.73 Å². The van der Waals surface area contributed by atoms with Gasteiger partial charge in [-0.3, -0.25) is 0 Å². The van der Waals surface area contributed by atoms with E-state index in [1.165, 1.54) is 43.2 Å². The molecule has 1 aliphatic carbocycles. The minimum absolute atomic E-state index is 0.284. The van der Waals surface area contributed by atoms with Crippen LogP contribution in [0.5, 0.6) is 5.75 Å². The lowest BCUT2D eigenvalue weighted by molar-refractivity contribution is 0.414. The van der Waals surface area contributed by atoms with Crippen molar-refractivity contribution in [2.45, 2.75) is 50.9 Å². The van der Waals surface area contributed by atoms with Gasteiger partial charge in [0.1, 0.15) is 5.75 Å². The average Bonchev–Trinajstić information content (AvgIpc) is 2.55. The molecule has 0 saturated heterocycles. The van der Waals surface area contributed by atoms with Crippen molar-refractivity contribution in [1.29, 1.82) is 0 Å². The molecule has 1 aliphatic rings. The normalized spacial score (nSPS) is 17.3. The number of anilines is 1. The van der Waals surface area contributed by atoms with Gasteiger partial charge in [-0.2, -0.15) is 0 Å². The third-order valence-electron chi connectivity index (χ3n) is 5.01. The van der Waals surface area contributed by atoms with Crippen molar-refractivity contribution < 1.29 is 5.11 Å². The molecule has 0 spiro atoms. The van der Waals surface area contributed by atoms with Crippen LogP contribution >= 0.6 is 0 Å². The Balaban J connectivity index is 1.91. The summed E-state index contributed by atoms with van der Waals surface area (Å²) in [6.45, 7) is 2.20. The lowest BCUT2D eigenvalue weighted by Crippen LogP contribution is -2.06. The van der Waals surface area contributed by atoms with E-state index in [0.717, 1.165) is 11.3 Å². The summed E-state index contributed by atoms with van der Waals surface area (Å²) in [6.07, 6.45) is 6.28. The van der Waals surface area contributed by atoms with Gasteiger partial charge in [0.15, 0.2) is 0 Å². The van der Waals surface area contributed by atoms with Gasteiger partial charge in [0, 0.05) is 11.6 Å². The van der Waals surface area contributed by atoms with Crippen LogP contribution < -0.4 is 5.73 Å². The molecule has 1 saturated carbocycles. The summed E-state index contributed by atoms with van der Waals surface area (Å²) in [5.74, 6) is 1.25. The smallest absolute Gasteiger partial charge is 0.119 e. The second-order valence-corrected chi connectivity index (χ2v) is 6.54. The molecule has 0 radical (unpaired) electrons. The maximum Gasteiger partial charge on any atom is 0.119 e. The van der Waals surface area contributed by atoms with Crippen molar-refractivity contribution in [2.24, 2.45) is 0 Å². The summed E-state index contributed by atoms with van der Waals surface area (Å²) in [5.41, 5.74) is 10.3. The van der Waals surface area contributed by atoms with Crippen LogP contribution in [-0.4, -0.2) is 5.11 Å². The molecule has 1 atom stereocenters. The largest absolute Gasteiger partial charge is 0.508 e. The maximum absolute atomic E-state index is 10.3. The fourth-order valence-corrected chi connectivity index (χ4v) is 3.60. The number of phenolic OH excluding ortho intramolecular Hbond substituents is 1. The topological polar surface area (TPSA) is 46.2 Å². The highest BCUT2D eigenvalue weighted by atomic mass is 16.3. The Morgan fingerprint density at radius 3 is 2.45 bits per heavy atom. The molecule has 3 N–H and O–H groups in total. The average molecular weight is 295 g/mol. The van der Waals surface area contributed by atoms with Crippen molar-refractivity contribution in [1.82, 2.24) is 0 Å². The second-order valence-electron chi connectivity index (χ2n) is 6.54. The van der Waals surface area contributed by atoms with E-state index in [2.05, 4.69) is 19.1 Å². The zero-order chi connectivity index (χ0) is 15.5. The number of nitrogen functional groups attached to an aromatic ring is 1. The van der Waals surface area contributed by atoms with Crippen LogP contribution in [0.2, 0.25) is 0 Å². The van der Waals surface area contributed by atoms with E-state index in [-0.39, 0.29) is 5.92 Å².